The summed E-state index contributed by atoms with van der Waals surface area (Å²) < 4.78 is 49.3. The number of hydrogen-bond donors (Lipinski definition) is 0. The van der Waals surface area contributed by atoms with E-state index in [0.717, 1.165) is 21.7 Å². The second-order valence-electron chi connectivity index (χ2n) is 8.87. The van der Waals surface area contributed by atoms with Gasteiger partial charge in [0.1, 0.15) is 11.2 Å². The predicted molar refractivity (Wildman–Crippen MR) is 130 cm³/mol. The van der Waals surface area contributed by atoms with Gasteiger partial charge in [-0.1, -0.05) is 32.9 Å². The Morgan fingerprint density at radius 2 is 1.90 bits per heavy atom. The van der Waals surface area contributed by atoms with Crippen LogP contribution in [0.3, 0.4) is 0 Å². The number of furan rings is 1. The van der Waals surface area contributed by atoms with Gasteiger partial charge in [-0.25, -0.2) is 0 Å². The number of nitrogens with zero attached hydrogens (tertiary/aromatic N) is 1. The summed E-state index contributed by atoms with van der Waals surface area (Å²) in [6.07, 6.45) is -0.596. The van der Waals surface area contributed by atoms with E-state index in [9.17, 15) is 0 Å². The molecule has 0 saturated carbocycles. The fourth-order valence-corrected chi connectivity index (χ4v) is 5.08. The number of hydrogen-bond acceptors (Lipinski definition) is 3. The zero-order valence-electron chi connectivity index (χ0n) is 22.8. The molecular formula is C27H27NOS. The van der Waals surface area contributed by atoms with Crippen molar-refractivity contribution >= 4 is 43.4 Å². The normalized spacial score (nSPS) is 15.8. The molecule has 5 aromatic rings. The van der Waals surface area contributed by atoms with Crippen molar-refractivity contribution in [3.63, 3.8) is 0 Å². The minimum atomic E-state index is -2.48. The van der Waals surface area contributed by atoms with Gasteiger partial charge in [0, 0.05) is 44.3 Å². The van der Waals surface area contributed by atoms with Crippen molar-refractivity contribution in [2.45, 2.75) is 47.8 Å². The molecule has 0 atom stereocenters. The summed E-state index contributed by atoms with van der Waals surface area (Å²) in [4.78, 5) is 5.75. The van der Waals surface area contributed by atoms with Crippen molar-refractivity contribution < 1.29 is 11.3 Å². The highest BCUT2D eigenvalue weighted by Gasteiger charge is 2.19. The standard InChI is InChI=1S/C27H27NOS/c1-15-14-28-22(12-18(15)13-27(4,5)6)21-9-7-8-19-20-10-11-23-24(16(2)17(3)30-23)26(20)29-25(19)21/h7-12,14H,13H2,1-6H3/i1D3,13D2. The molecule has 3 heteroatoms. The second-order valence-corrected chi connectivity index (χ2v) is 10.1. The monoisotopic (exact) mass is 418 g/mol. The Morgan fingerprint density at radius 3 is 2.67 bits per heavy atom. The third-order valence-electron chi connectivity index (χ3n) is 5.48. The molecule has 152 valence electrons. The largest absolute Gasteiger partial charge is 0.455 e. The molecule has 0 spiro atoms. The number of benzene rings is 2. The van der Waals surface area contributed by atoms with Gasteiger partial charge in [-0.05, 0) is 73.4 Å². The summed E-state index contributed by atoms with van der Waals surface area (Å²) in [5.41, 5.74) is 3.14. The predicted octanol–water partition coefficient (Wildman–Crippen LogP) is 8.38. The number of thiophene rings is 1. The lowest BCUT2D eigenvalue weighted by molar-refractivity contribution is 0.410. The van der Waals surface area contributed by atoms with Crippen molar-refractivity contribution in [1.29, 1.82) is 0 Å². The van der Waals surface area contributed by atoms with Gasteiger partial charge in [0.25, 0.3) is 0 Å². The maximum absolute atomic E-state index is 8.83. The lowest BCUT2D eigenvalue weighted by Crippen LogP contribution is -2.10. The summed E-state index contributed by atoms with van der Waals surface area (Å²) in [5.74, 6) is 0. The van der Waals surface area contributed by atoms with E-state index in [2.05, 4.69) is 31.0 Å². The zero-order valence-corrected chi connectivity index (χ0v) is 18.6. The number of aromatic nitrogens is 1. The van der Waals surface area contributed by atoms with Crippen LogP contribution in [0.5, 0.6) is 0 Å². The molecule has 3 aromatic heterocycles. The van der Waals surface area contributed by atoms with E-state index in [1.165, 1.54) is 21.3 Å². The smallest absolute Gasteiger partial charge is 0.144 e. The quantitative estimate of drug-likeness (QED) is 0.288. The molecule has 0 unspecified atom stereocenters. The summed E-state index contributed by atoms with van der Waals surface area (Å²) in [6, 6.07) is 11.6. The van der Waals surface area contributed by atoms with Gasteiger partial charge in [-0.2, -0.15) is 0 Å². The Morgan fingerprint density at radius 1 is 1.10 bits per heavy atom. The fourth-order valence-electron chi connectivity index (χ4n) is 4.01. The first-order valence-electron chi connectivity index (χ1n) is 12.6. The van der Waals surface area contributed by atoms with Crippen LogP contribution in [0.4, 0.5) is 0 Å². The lowest BCUT2D eigenvalue weighted by atomic mass is 9.86. The van der Waals surface area contributed by atoms with E-state index < -0.39 is 18.6 Å². The molecule has 0 aliphatic rings. The van der Waals surface area contributed by atoms with Crippen LogP contribution in [0.1, 0.15) is 49.2 Å². The first-order valence-corrected chi connectivity index (χ1v) is 10.9. The molecule has 0 saturated heterocycles. The molecule has 2 nitrogen and oxygen atoms in total. The fraction of sp³-hybridized carbons (Fsp3) is 0.296. The van der Waals surface area contributed by atoms with Crippen LogP contribution >= 0.6 is 11.3 Å². The SMILES string of the molecule is [2H]C([2H])([2H])c1cnc(-c2cccc3c2oc2c3ccc3sc(C)c(C)c32)cc1C([2H])([2H])C(C)(C)C. The van der Waals surface area contributed by atoms with Gasteiger partial charge >= 0.3 is 0 Å². The highest BCUT2D eigenvalue weighted by molar-refractivity contribution is 7.19. The molecule has 0 amide bonds. The Bertz CT molecular complexity index is 1620. The molecule has 0 radical (unpaired) electrons. The Labute approximate surface area is 188 Å². The molecule has 0 aliphatic carbocycles. The molecular weight excluding hydrogens is 386 g/mol. The van der Waals surface area contributed by atoms with Gasteiger partial charge in [0.15, 0.2) is 0 Å². The summed E-state index contributed by atoms with van der Waals surface area (Å²) in [5, 5.41) is 3.08. The summed E-state index contributed by atoms with van der Waals surface area (Å²) in [6.45, 7) is 7.05. The average Bonchev–Trinajstić information content (AvgIpc) is 3.28. The number of para-hydroxylation sites is 1. The Balaban J connectivity index is 1.82. The van der Waals surface area contributed by atoms with Crippen LogP contribution in [0.2, 0.25) is 0 Å². The lowest BCUT2D eigenvalue weighted by Gasteiger charge is -2.20. The number of aryl methyl sites for hydroxylation is 3. The summed E-state index contributed by atoms with van der Waals surface area (Å²) >= 11 is 1.75. The van der Waals surface area contributed by atoms with Gasteiger partial charge in [-0.3, -0.25) is 4.98 Å². The Hall–Kier alpha value is -2.65. The number of rotatable bonds is 2. The van der Waals surface area contributed by atoms with E-state index in [1.54, 1.807) is 38.2 Å². The van der Waals surface area contributed by atoms with E-state index in [1.807, 2.05) is 18.2 Å². The van der Waals surface area contributed by atoms with E-state index >= 15 is 0 Å². The van der Waals surface area contributed by atoms with Crippen molar-refractivity contribution in [2.75, 3.05) is 0 Å². The van der Waals surface area contributed by atoms with Crippen LogP contribution in [-0.4, -0.2) is 4.98 Å². The number of fused-ring (bicyclic) bond motifs is 5. The van der Waals surface area contributed by atoms with Crippen LogP contribution in [-0.2, 0) is 6.37 Å². The molecule has 0 fully saturated rings. The molecule has 0 aliphatic heterocycles. The highest BCUT2D eigenvalue weighted by Crippen LogP contribution is 2.42. The van der Waals surface area contributed by atoms with Crippen molar-refractivity contribution in [3.05, 3.63) is 64.2 Å². The topological polar surface area (TPSA) is 26.0 Å². The van der Waals surface area contributed by atoms with Gasteiger partial charge < -0.3 is 4.42 Å². The minimum absolute atomic E-state index is 0.0657. The van der Waals surface area contributed by atoms with E-state index in [-0.39, 0.29) is 11.1 Å². The maximum Gasteiger partial charge on any atom is 0.144 e. The second kappa shape index (κ2) is 6.68. The Kier molecular flexibility index (Phi) is 3.20. The average molecular weight is 419 g/mol. The van der Waals surface area contributed by atoms with Crippen LogP contribution in [0.15, 0.2) is 47.0 Å². The minimum Gasteiger partial charge on any atom is -0.455 e. The van der Waals surface area contributed by atoms with Gasteiger partial charge in [0.05, 0.1) is 5.69 Å². The third-order valence-corrected chi connectivity index (χ3v) is 6.66. The summed E-state index contributed by atoms with van der Waals surface area (Å²) in [7, 11) is 0. The molecule has 30 heavy (non-hydrogen) atoms. The van der Waals surface area contributed by atoms with Crippen molar-refractivity contribution in [3.8, 4) is 11.3 Å². The molecule has 0 N–H and O–H groups in total. The maximum atomic E-state index is 8.83. The van der Waals surface area contributed by atoms with Gasteiger partial charge in [0.2, 0.25) is 0 Å². The zero-order chi connectivity index (χ0) is 25.5. The highest BCUT2D eigenvalue weighted by atomic mass is 32.1. The van der Waals surface area contributed by atoms with E-state index in [4.69, 9.17) is 11.3 Å². The van der Waals surface area contributed by atoms with Crippen LogP contribution < -0.4 is 0 Å². The van der Waals surface area contributed by atoms with E-state index in [0.29, 0.717) is 16.8 Å². The molecule has 5 rings (SSSR count). The van der Waals surface area contributed by atoms with Crippen LogP contribution in [0, 0.1) is 26.1 Å². The molecule has 3 heterocycles. The van der Waals surface area contributed by atoms with Gasteiger partial charge in [-0.15, -0.1) is 11.3 Å². The third kappa shape index (κ3) is 3.04. The molecule has 0 bridgehead atoms. The van der Waals surface area contributed by atoms with Crippen LogP contribution in [0.25, 0.3) is 43.3 Å². The van der Waals surface area contributed by atoms with Crippen molar-refractivity contribution in [2.24, 2.45) is 5.41 Å². The molecule has 2 aromatic carbocycles. The first kappa shape index (κ1) is 14.4. The number of pyridine rings is 1. The van der Waals surface area contributed by atoms with Crippen molar-refractivity contribution in [1.82, 2.24) is 4.98 Å². The first-order chi connectivity index (χ1) is 16.2.